The van der Waals surface area contributed by atoms with Gasteiger partial charge in [-0.3, -0.25) is 19.3 Å². The van der Waals surface area contributed by atoms with E-state index in [1.165, 1.54) is 11.1 Å². The van der Waals surface area contributed by atoms with Gasteiger partial charge in [-0.25, -0.2) is 0 Å². The fraction of sp³-hybridized carbons (Fsp3) is 0.375. The molecule has 0 spiro atoms. The van der Waals surface area contributed by atoms with E-state index in [1.54, 1.807) is 26.8 Å². The number of carbonyl (C=O) groups excluding carboxylic acids is 3. The van der Waals surface area contributed by atoms with Crippen molar-refractivity contribution >= 4 is 23.4 Å². The largest absolute Gasteiger partial charge is 0.337 e. The van der Waals surface area contributed by atoms with Crippen molar-refractivity contribution in [2.24, 2.45) is 0 Å². The molecule has 2 aromatic rings. The molecule has 5 rings (SSSR count). The minimum atomic E-state index is -0.813. The molecule has 0 N–H and O–H groups in total. The number of nitrogens with zero attached hydrogens (tertiary/aromatic N) is 3. The summed E-state index contributed by atoms with van der Waals surface area (Å²) in [5.74, 6) is -0.300. The molecule has 0 saturated carbocycles. The topological polar surface area (TPSA) is 60.9 Å². The summed E-state index contributed by atoms with van der Waals surface area (Å²) in [6, 6.07) is 15.4. The van der Waals surface area contributed by atoms with Crippen molar-refractivity contribution in [1.82, 2.24) is 9.80 Å². The van der Waals surface area contributed by atoms with Gasteiger partial charge in [0.25, 0.3) is 5.91 Å². The molecule has 154 valence electrons. The quantitative estimate of drug-likeness (QED) is 0.791. The number of amides is 3. The van der Waals surface area contributed by atoms with Crippen LogP contribution in [0.3, 0.4) is 0 Å². The third-order valence-corrected chi connectivity index (χ3v) is 7.00. The predicted molar refractivity (Wildman–Crippen MR) is 113 cm³/mol. The van der Waals surface area contributed by atoms with Gasteiger partial charge in [-0.1, -0.05) is 36.4 Å². The van der Waals surface area contributed by atoms with Gasteiger partial charge in [0.2, 0.25) is 11.8 Å². The molecule has 1 fully saturated rings. The van der Waals surface area contributed by atoms with Crippen LogP contribution >= 0.6 is 0 Å². The number of anilines is 1. The molecule has 30 heavy (non-hydrogen) atoms. The second kappa shape index (κ2) is 6.69. The summed E-state index contributed by atoms with van der Waals surface area (Å²) in [7, 11) is 1.82. The van der Waals surface area contributed by atoms with E-state index in [0.717, 1.165) is 12.8 Å². The molecule has 1 saturated heterocycles. The summed E-state index contributed by atoms with van der Waals surface area (Å²) in [6.07, 6.45) is 2.73. The second-order valence-corrected chi connectivity index (χ2v) is 8.61. The molecule has 6 nitrogen and oxygen atoms in total. The first-order chi connectivity index (χ1) is 14.4. The summed E-state index contributed by atoms with van der Waals surface area (Å²) in [6.45, 7) is 1.85. The van der Waals surface area contributed by atoms with E-state index in [-0.39, 0.29) is 30.3 Å². The Balaban J connectivity index is 1.45. The van der Waals surface area contributed by atoms with Gasteiger partial charge in [0.15, 0.2) is 0 Å². The predicted octanol–water partition coefficient (Wildman–Crippen LogP) is 3.13. The maximum atomic E-state index is 13.4. The minimum Gasteiger partial charge on any atom is -0.337 e. The average molecular weight is 403 g/mol. The maximum Gasteiger partial charge on any atom is 0.258 e. The zero-order chi connectivity index (χ0) is 21.0. The molecule has 0 bridgehead atoms. The van der Waals surface area contributed by atoms with Crippen molar-refractivity contribution in [3.63, 3.8) is 0 Å². The van der Waals surface area contributed by atoms with Crippen LogP contribution in [0.2, 0.25) is 0 Å². The number of carbonyl (C=O) groups is 3. The van der Waals surface area contributed by atoms with Crippen molar-refractivity contribution in [3.05, 3.63) is 65.2 Å². The normalized spacial score (nSPS) is 24.5. The zero-order valence-electron chi connectivity index (χ0n) is 17.3. The Bertz CT molecular complexity index is 1070. The van der Waals surface area contributed by atoms with E-state index in [4.69, 9.17) is 0 Å². The van der Waals surface area contributed by atoms with Crippen molar-refractivity contribution in [2.45, 2.75) is 44.3 Å². The number of benzene rings is 2. The Morgan fingerprint density at radius 2 is 1.83 bits per heavy atom. The average Bonchev–Trinajstić information content (AvgIpc) is 3.32. The van der Waals surface area contributed by atoms with Gasteiger partial charge in [-0.05, 0) is 49.4 Å². The Morgan fingerprint density at radius 1 is 1.10 bits per heavy atom. The number of aryl methyl sites for hydroxylation is 1. The van der Waals surface area contributed by atoms with Crippen molar-refractivity contribution in [2.75, 3.05) is 18.5 Å². The zero-order valence-corrected chi connectivity index (χ0v) is 17.3. The molecule has 3 amide bonds. The van der Waals surface area contributed by atoms with Crippen LogP contribution in [0.25, 0.3) is 0 Å². The lowest BCUT2D eigenvalue weighted by Gasteiger charge is -2.48. The third kappa shape index (κ3) is 2.59. The van der Waals surface area contributed by atoms with Gasteiger partial charge in [0.1, 0.15) is 12.2 Å². The summed E-state index contributed by atoms with van der Waals surface area (Å²) >= 11 is 0. The first kappa shape index (κ1) is 18.9. The Morgan fingerprint density at radius 3 is 2.67 bits per heavy atom. The van der Waals surface area contributed by atoms with E-state index in [2.05, 4.69) is 12.1 Å². The fourth-order valence-electron chi connectivity index (χ4n) is 5.30. The molecule has 2 heterocycles. The van der Waals surface area contributed by atoms with Crippen LogP contribution in [0.4, 0.5) is 5.69 Å². The van der Waals surface area contributed by atoms with Gasteiger partial charge in [0, 0.05) is 13.5 Å². The summed E-state index contributed by atoms with van der Waals surface area (Å²) in [5.41, 5.74) is 2.78. The van der Waals surface area contributed by atoms with Crippen LogP contribution in [-0.2, 0) is 16.0 Å². The number of fused-ring (bicyclic) bond motifs is 4. The molecular formula is C24H25N3O3. The molecular weight excluding hydrogens is 378 g/mol. The number of hydrogen-bond acceptors (Lipinski definition) is 3. The Hall–Kier alpha value is -3.15. The van der Waals surface area contributed by atoms with Crippen molar-refractivity contribution < 1.29 is 14.4 Å². The third-order valence-electron chi connectivity index (χ3n) is 7.00. The lowest BCUT2D eigenvalue weighted by atomic mass is 9.98. The lowest BCUT2D eigenvalue weighted by Crippen LogP contribution is -2.64. The maximum absolute atomic E-state index is 13.4. The molecule has 0 aromatic heterocycles. The number of para-hydroxylation sites is 1. The smallest absolute Gasteiger partial charge is 0.258 e. The highest BCUT2D eigenvalue weighted by molar-refractivity contribution is 6.11. The van der Waals surface area contributed by atoms with E-state index >= 15 is 0 Å². The van der Waals surface area contributed by atoms with E-state index in [1.807, 2.05) is 38.2 Å². The van der Waals surface area contributed by atoms with Crippen LogP contribution in [-0.4, -0.2) is 46.8 Å². The standard InChI is InChI=1S/C24H25N3O3/c1-24-14-13-21(28)27(24)20-10-6-5-9-18(20)23(30)26(24)15-22(29)25(2)19-12-11-16-7-3-4-8-17(16)19/h3-10,19H,11-15H2,1-2H3. The Kier molecular flexibility index (Phi) is 4.20. The summed E-state index contributed by atoms with van der Waals surface area (Å²) in [4.78, 5) is 44.4. The highest BCUT2D eigenvalue weighted by Crippen LogP contribution is 2.44. The van der Waals surface area contributed by atoms with E-state index < -0.39 is 5.66 Å². The number of rotatable bonds is 3. The van der Waals surface area contributed by atoms with Gasteiger partial charge < -0.3 is 9.80 Å². The first-order valence-electron chi connectivity index (χ1n) is 10.5. The molecule has 2 aliphatic heterocycles. The number of likely N-dealkylation sites (N-methyl/N-ethyl adjacent to an activating group) is 1. The summed E-state index contributed by atoms with van der Waals surface area (Å²) in [5, 5.41) is 0. The van der Waals surface area contributed by atoms with E-state index in [0.29, 0.717) is 24.1 Å². The van der Waals surface area contributed by atoms with Gasteiger partial charge in [0.05, 0.1) is 17.3 Å². The van der Waals surface area contributed by atoms with Crippen LogP contribution in [0.5, 0.6) is 0 Å². The molecule has 2 atom stereocenters. The van der Waals surface area contributed by atoms with Gasteiger partial charge in [-0.15, -0.1) is 0 Å². The highest BCUT2D eigenvalue weighted by atomic mass is 16.2. The van der Waals surface area contributed by atoms with Crippen molar-refractivity contribution in [3.8, 4) is 0 Å². The number of hydrogen-bond donors (Lipinski definition) is 0. The molecule has 1 aliphatic carbocycles. The van der Waals surface area contributed by atoms with Crippen LogP contribution in [0.15, 0.2) is 48.5 Å². The molecule has 3 aliphatic rings. The minimum absolute atomic E-state index is 0.00651. The summed E-state index contributed by atoms with van der Waals surface area (Å²) < 4.78 is 0. The molecule has 2 aromatic carbocycles. The SMILES string of the molecule is CN(C(=O)CN1C(=O)c2ccccc2N2C(=O)CCC12C)C1CCc2ccccc21. The second-order valence-electron chi connectivity index (χ2n) is 8.61. The van der Waals surface area contributed by atoms with Crippen LogP contribution in [0, 0.1) is 0 Å². The molecule has 6 heteroatoms. The highest BCUT2D eigenvalue weighted by Gasteiger charge is 2.53. The monoisotopic (exact) mass is 403 g/mol. The van der Waals surface area contributed by atoms with Crippen LogP contribution < -0.4 is 4.90 Å². The van der Waals surface area contributed by atoms with Gasteiger partial charge >= 0.3 is 0 Å². The van der Waals surface area contributed by atoms with Crippen LogP contribution in [0.1, 0.15) is 53.7 Å². The fourth-order valence-corrected chi connectivity index (χ4v) is 5.30. The molecule has 0 radical (unpaired) electrons. The first-order valence-corrected chi connectivity index (χ1v) is 10.5. The van der Waals surface area contributed by atoms with E-state index in [9.17, 15) is 14.4 Å². The van der Waals surface area contributed by atoms with Crippen molar-refractivity contribution in [1.29, 1.82) is 0 Å². The van der Waals surface area contributed by atoms with Gasteiger partial charge in [-0.2, -0.15) is 0 Å². The lowest BCUT2D eigenvalue weighted by molar-refractivity contribution is -0.134. The Labute approximate surface area is 176 Å². The molecule has 2 unspecified atom stereocenters.